The highest BCUT2D eigenvalue weighted by molar-refractivity contribution is 5.98. The maximum Gasteiger partial charge on any atom is 0.312 e. The number of hydrogen-bond acceptors (Lipinski definition) is 6. The number of aliphatic hydroxyl groups is 1. The number of unbranched alkanes of at least 4 members (excludes halogenated alkanes) is 2. The van der Waals surface area contributed by atoms with Crippen molar-refractivity contribution in [3.8, 4) is 0 Å². The fourth-order valence-electron chi connectivity index (χ4n) is 6.37. The molecule has 0 aromatic rings. The van der Waals surface area contributed by atoms with Crippen LogP contribution >= 0.6 is 0 Å². The standard InChI is InChI=1S/C27H42N2O6/c1-7-9-16-34-25(33)21-20-23(31)29(14-11-10-12-15-30)22(24(32)28(13-8-2)18(3)4)27(20)17-19(5)26(21,6)35-27/h7-8,18-22,30H,1-2,9-17H2,3-6H3/t19?,20-,21+,22?,26-,27?/m0/s1. The Morgan fingerprint density at radius 3 is 2.60 bits per heavy atom. The summed E-state index contributed by atoms with van der Waals surface area (Å²) in [6.45, 7) is 16.3. The lowest BCUT2D eigenvalue weighted by atomic mass is 9.62. The smallest absolute Gasteiger partial charge is 0.312 e. The third-order valence-corrected chi connectivity index (χ3v) is 8.16. The van der Waals surface area contributed by atoms with Crippen LogP contribution in [0.3, 0.4) is 0 Å². The van der Waals surface area contributed by atoms with Gasteiger partial charge < -0.3 is 24.4 Å². The minimum atomic E-state index is -1.07. The van der Waals surface area contributed by atoms with Gasteiger partial charge in [-0.3, -0.25) is 14.4 Å². The zero-order valence-corrected chi connectivity index (χ0v) is 21.7. The molecule has 2 bridgehead atoms. The molecule has 0 saturated carbocycles. The van der Waals surface area contributed by atoms with Crippen LogP contribution in [0, 0.1) is 17.8 Å². The molecular weight excluding hydrogens is 448 g/mol. The van der Waals surface area contributed by atoms with Crippen LogP contribution in [-0.4, -0.2) is 82.3 Å². The summed E-state index contributed by atoms with van der Waals surface area (Å²) < 4.78 is 12.3. The molecule has 0 aromatic heterocycles. The van der Waals surface area contributed by atoms with Gasteiger partial charge in [0.1, 0.15) is 17.6 Å². The monoisotopic (exact) mass is 490 g/mol. The van der Waals surface area contributed by atoms with E-state index in [2.05, 4.69) is 13.2 Å². The Bertz CT molecular complexity index is 844. The number of rotatable bonds is 13. The van der Waals surface area contributed by atoms with Gasteiger partial charge >= 0.3 is 5.97 Å². The Labute approximate surface area is 209 Å². The molecule has 0 aromatic carbocycles. The Morgan fingerprint density at radius 2 is 2.00 bits per heavy atom. The van der Waals surface area contributed by atoms with Gasteiger partial charge in [0.05, 0.1) is 18.1 Å². The molecule has 3 unspecified atom stereocenters. The van der Waals surface area contributed by atoms with Crippen LogP contribution in [0.15, 0.2) is 25.3 Å². The number of carbonyl (C=O) groups excluding carboxylic acids is 3. The number of likely N-dealkylation sites (tertiary alicyclic amines) is 1. The van der Waals surface area contributed by atoms with Gasteiger partial charge in [0, 0.05) is 25.7 Å². The first-order valence-corrected chi connectivity index (χ1v) is 12.9. The molecule has 6 atom stereocenters. The van der Waals surface area contributed by atoms with E-state index < -0.39 is 35.0 Å². The van der Waals surface area contributed by atoms with Crippen molar-refractivity contribution in [2.75, 3.05) is 26.3 Å². The zero-order chi connectivity index (χ0) is 26.0. The Hall–Kier alpha value is -2.19. The van der Waals surface area contributed by atoms with Crippen LogP contribution in [0.1, 0.15) is 59.8 Å². The minimum Gasteiger partial charge on any atom is -0.465 e. The molecule has 3 aliphatic heterocycles. The van der Waals surface area contributed by atoms with E-state index in [-0.39, 0.29) is 37.0 Å². The third kappa shape index (κ3) is 4.55. The summed E-state index contributed by atoms with van der Waals surface area (Å²) in [4.78, 5) is 44.8. The molecule has 35 heavy (non-hydrogen) atoms. The SMILES string of the molecule is C=CCCOC(=O)[C@H]1[C@H]2C(=O)N(CCCCCO)C(C(=O)N(CC=C)C(C)C)C23CC(C)[C@]1(C)O3. The van der Waals surface area contributed by atoms with Crippen molar-refractivity contribution in [1.29, 1.82) is 0 Å². The molecule has 3 rings (SSSR count). The highest BCUT2D eigenvalue weighted by Gasteiger charge is 2.80. The van der Waals surface area contributed by atoms with Crippen LogP contribution in [0.5, 0.6) is 0 Å². The predicted octanol–water partition coefficient (Wildman–Crippen LogP) is 2.70. The molecule has 1 N–H and O–H groups in total. The van der Waals surface area contributed by atoms with E-state index in [1.54, 1.807) is 22.0 Å². The van der Waals surface area contributed by atoms with Crippen molar-refractivity contribution in [3.05, 3.63) is 25.3 Å². The minimum absolute atomic E-state index is 0.0277. The average Bonchev–Trinajstić information content (AvgIpc) is 3.31. The van der Waals surface area contributed by atoms with Crippen molar-refractivity contribution in [3.63, 3.8) is 0 Å². The number of fused-ring (bicyclic) bond motifs is 1. The number of hydrogen-bond donors (Lipinski definition) is 1. The summed E-state index contributed by atoms with van der Waals surface area (Å²) in [5.41, 5.74) is -1.95. The molecule has 8 nitrogen and oxygen atoms in total. The van der Waals surface area contributed by atoms with Gasteiger partial charge in [-0.15, -0.1) is 13.2 Å². The molecule has 8 heteroatoms. The molecule has 3 heterocycles. The van der Waals surface area contributed by atoms with Crippen molar-refractivity contribution >= 4 is 17.8 Å². The van der Waals surface area contributed by atoms with Crippen LogP contribution < -0.4 is 0 Å². The van der Waals surface area contributed by atoms with E-state index in [1.807, 2.05) is 27.7 Å². The largest absolute Gasteiger partial charge is 0.465 e. The van der Waals surface area contributed by atoms with Crippen LogP contribution in [0.4, 0.5) is 0 Å². The van der Waals surface area contributed by atoms with Gasteiger partial charge in [0.15, 0.2) is 0 Å². The van der Waals surface area contributed by atoms with Crippen molar-refractivity contribution in [2.24, 2.45) is 17.8 Å². The molecule has 0 aliphatic carbocycles. The first-order valence-electron chi connectivity index (χ1n) is 12.9. The summed E-state index contributed by atoms with van der Waals surface area (Å²) >= 11 is 0. The van der Waals surface area contributed by atoms with Crippen molar-refractivity contribution in [2.45, 2.75) is 83.1 Å². The van der Waals surface area contributed by atoms with E-state index >= 15 is 0 Å². The van der Waals surface area contributed by atoms with E-state index in [0.29, 0.717) is 38.8 Å². The normalized spacial score (nSPS) is 33.2. The molecule has 1 spiro atoms. The van der Waals surface area contributed by atoms with Crippen LogP contribution in [0.25, 0.3) is 0 Å². The second-order valence-electron chi connectivity index (χ2n) is 10.6. The highest BCUT2D eigenvalue weighted by atomic mass is 16.6. The fraction of sp³-hybridized carbons (Fsp3) is 0.741. The molecule has 3 saturated heterocycles. The average molecular weight is 491 g/mol. The van der Waals surface area contributed by atoms with E-state index in [1.165, 1.54) is 0 Å². The van der Waals surface area contributed by atoms with Gasteiger partial charge in [-0.1, -0.05) is 19.1 Å². The number of nitrogens with zero attached hydrogens (tertiary/aromatic N) is 2. The van der Waals surface area contributed by atoms with Gasteiger partial charge in [0.2, 0.25) is 11.8 Å². The number of carbonyl (C=O) groups is 3. The Morgan fingerprint density at radius 1 is 1.29 bits per heavy atom. The predicted molar refractivity (Wildman–Crippen MR) is 132 cm³/mol. The van der Waals surface area contributed by atoms with Gasteiger partial charge in [-0.25, -0.2) is 0 Å². The Balaban J connectivity index is 2.03. The first-order chi connectivity index (χ1) is 16.6. The van der Waals surface area contributed by atoms with Gasteiger partial charge in [-0.2, -0.15) is 0 Å². The second kappa shape index (κ2) is 10.8. The lowest BCUT2D eigenvalue weighted by Gasteiger charge is -2.38. The number of aliphatic hydroxyl groups excluding tert-OH is 1. The van der Waals surface area contributed by atoms with E-state index in [4.69, 9.17) is 9.47 Å². The molecular formula is C27H42N2O6. The van der Waals surface area contributed by atoms with Gasteiger partial charge in [-0.05, 0) is 58.8 Å². The lowest BCUT2D eigenvalue weighted by molar-refractivity contribution is -0.162. The lowest BCUT2D eigenvalue weighted by Crippen LogP contribution is -2.57. The quantitative estimate of drug-likeness (QED) is 0.242. The van der Waals surface area contributed by atoms with Crippen molar-refractivity contribution < 1.29 is 29.0 Å². The summed E-state index contributed by atoms with van der Waals surface area (Å²) in [6.07, 6.45) is 6.45. The highest BCUT2D eigenvalue weighted by Crippen LogP contribution is 2.65. The number of amides is 2. The molecule has 2 amide bonds. The molecule has 0 radical (unpaired) electrons. The molecule has 3 fully saturated rings. The van der Waals surface area contributed by atoms with Crippen LogP contribution in [-0.2, 0) is 23.9 Å². The topological polar surface area (TPSA) is 96.4 Å². The summed E-state index contributed by atoms with van der Waals surface area (Å²) in [7, 11) is 0. The second-order valence-corrected chi connectivity index (χ2v) is 10.6. The molecule has 3 aliphatic rings. The van der Waals surface area contributed by atoms with E-state index in [9.17, 15) is 19.5 Å². The number of ether oxygens (including phenoxy) is 2. The van der Waals surface area contributed by atoms with Gasteiger partial charge in [0.25, 0.3) is 0 Å². The van der Waals surface area contributed by atoms with E-state index in [0.717, 1.165) is 6.42 Å². The number of esters is 1. The molecule has 196 valence electrons. The first kappa shape index (κ1) is 27.4. The fourth-order valence-corrected chi connectivity index (χ4v) is 6.37. The third-order valence-electron chi connectivity index (χ3n) is 8.16. The zero-order valence-electron chi connectivity index (χ0n) is 21.7. The summed E-state index contributed by atoms with van der Waals surface area (Å²) in [6, 6.07) is -0.903. The van der Waals surface area contributed by atoms with Crippen molar-refractivity contribution in [1.82, 2.24) is 9.80 Å². The maximum atomic E-state index is 14.1. The summed E-state index contributed by atoms with van der Waals surface area (Å²) in [5, 5.41) is 9.17. The summed E-state index contributed by atoms with van der Waals surface area (Å²) in [5.74, 6) is -2.38. The van der Waals surface area contributed by atoms with Crippen LogP contribution in [0.2, 0.25) is 0 Å². The Kier molecular flexibility index (Phi) is 8.48. The maximum absolute atomic E-state index is 14.1.